The lowest BCUT2D eigenvalue weighted by Crippen LogP contribution is -2.15. The Morgan fingerprint density at radius 3 is 3.00 bits per heavy atom. The van der Waals surface area contributed by atoms with Crippen LogP contribution in [0.4, 0.5) is 0 Å². The monoisotopic (exact) mass is 164 g/mol. The molecule has 0 bridgehead atoms. The standard InChI is InChI=1S/C11H16O/c1-3-6-11(12)10-8-5-4-7-9(10)2/h3,6-7,10H,4-5,8H2,1-2H3/b6-3+. The minimum Gasteiger partial charge on any atom is -0.294 e. The van der Waals surface area contributed by atoms with Gasteiger partial charge in [0.05, 0.1) is 0 Å². The van der Waals surface area contributed by atoms with Crippen LogP contribution in [0, 0.1) is 5.92 Å². The number of allylic oxidation sites excluding steroid dienone is 4. The van der Waals surface area contributed by atoms with Crippen LogP contribution in [0.5, 0.6) is 0 Å². The predicted molar refractivity (Wildman–Crippen MR) is 50.9 cm³/mol. The molecule has 1 atom stereocenters. The van der Waals surface area contributed by atoms with E-state index in [0.29, 0.717) is 0 Å². The highest BCUT2D eigenvalue weighted by Crippen LogP contribution is 2.25. The predicted octanol–water partition coefficient (Wildman–Crippen LogP) is 2.88. The topological polar surface area (TPSA) is 17.1 Å². The van der Waals surface area contributed by atoms with E-state index in [0.717, 1.165) is 19.3 Å². The maximum absolute atomic E-state index is 11.5. The molecule has 0 aromatic heterocycles. The SMILES string of the molecule is C/C=C/C(=O)C1CCCC=C1C. The van der Waals surface area contributed by atoms with Crippen molar-refractivity contribution in [1.82, 2.24) is 0 Å². The zero-order valence-electron chi connectivity index (χ0n) is 7.84. The van der Waals surface area contributed by atoms with Crippen molar-refractivity contribution in [2.75, 3.05) is 0 Å². The van der Waals surface area contributed by atoms with Crippen molar-refractivity contribution < 1.29 is 4.79 Å². The highest BCUT2D eigenvalue weighted by Gasteiger charge is 2.19. The van der Waals surface area contributed by atoms with Gasteiger partial charge in [-0.3, -0.25) is 4.79 Å². The Morgan fingerprint density at radius 1 is 1.67 bits per heavy atom. The lowest BCUT2D eigenvalue weighted by Gasteiger charge is -2.18. The van der Waals surface area contributed by atoms with Crippen LogP contribution in [0.2, 0.25) is 0 Å². The Labute approximate surface area is 74.2 Å². The molecule has 12 heavy (non-hydrogen) atoms. The van der Waals surface area contributed by atoms with Gasteiger partial charge in [-0.1, -0.05) is 17.7 Å². The maximum atomic E-state index is 11.5. The number of hydrogen-bond acceptors (Lipinski definition) is 1. The van der Waals surface area contributed by atoms with Crippen LogP contribution in [-0.2, 0) is 4.79 Å². The first-order valence-corrected chi connectivity index (χ1v) is 4.59. The van der Waals surface area contributed by atoms with E-state index in [2.05, 4.69) is 13.0 Å². The normalized spacial score (nSPS) is 24.2. The van der Waals surface area contributed by atoms with Gasteiger partial charge in [0.15, 0.2) is 5.78 Å². The van der Waals surface area contributed by atoms with E-state index in [1.165, 1.54) is 5.57 Å². The summed E-state index contributed by atoms with van der Waals surface area (Å²) in [5.74, 6) is 0.445. The third kappa shape index (κ3) is 2.07. The molecule has 0 aromatic carbocycles. The maximum Gasteiger partial charge on any atom is 0.162 e. The lowest BCUT2D eigenvalue weighted by molar-refractivity contribution is -0.117. The van der Waals surface area contributed by atoms with Crippen molar-refractivity contribution in [2.24, 2.45) is 5.92 Å². The zero-order chi connectivity index (χ0) is 8.97. The molecule has 0 aliphatic heterocycles. The van der Waals surface area contributed by atoms with Gasteiger partial charge in [0.2, 0.25) is 0 Å². The van der Waals surface area contributed by atoms with Crippen molar-refractivity contribution in [3.05, 3.63) is 23.8 Å². The van der Waals surface area contributed by atoms with Crippen LogP contribution in [0.3, 0.4) is 0 Å². The first-order valence-electron chi connectivity index (χ1n) is 4.59. The van der Waals surface area contributed by atoms with Gasteiger partial charge in [0, 0.05) is 5.92 Å². The molecule has 1 rings (SSSR count). The molecule has 0 fully saturated rings. The van der Waals surface area contributed by atoms with E-state index < -0.39 is 0 Å². The van der Waals surface area contributed by atoms with Gasteiger partial charge in [-0.05, 0) is 39.2 Å². The number of hydrogen-bond donors (Lipinski definition) is 0. The van der Waals surface area contributed by atoms with E-state index in [9.17, 15) is 4.79 Å². The summed E-state index contributed by atoms with van der Waals surface area (Å²) < 4.78 is 0. The Morgan fingerprint density at radius 2 is 2.42 bits per heavy atom. The fourth-order valence-corrected chi connectivity index (χ4v) is 1.67. The molecule has 0 aromatic rings. The summed E-state index contributed by atoms with van der Waals surface area (Å²) in [7, 11) is 0. The van der Waals surface area contributed by atoms with E-state index in [1.807, 2.05) is 13.0 Å². The van der Waals surface area contributed by atoms with Gasteiger partial charge in [0.1, 0.15) is 0 Å². The largest absolute Gasteiger partial charge is 0.294 e. The van der Waals surface area contributed by atoms with Crippen LogP contribution in [0.25, 0.3) is 0 Å². The van der Waals surface area contributed by atoms with Gasteiger partial charge in [-0.25, -0.2) is 0 Å². The molecule has 0 amide bonds. The molecule has 1 unspecified atom stereocenters. The van der Waals surface area contributed by atoms with Crippen LogP contribution < -0.4 is 0 Å². The first-order chi connectivity index (χ1) is 5.75. The average molecular weight is 164 g/mol. The van der Waals surface area contributed by atoms with Crippen molar-refractivity contribution in [1.29, 1.82) is 0 Å². The Kier molecular flexibility index (Phi) is 3.27. The summed E-state index contributed by atoms with van der Waals surface area (Å²) in [5.41, 5.74) is 1.25. The molecular weight excluding hydrogens is 148 g/mol. The molecule has 0 N–H and O–H groups in total. The number of rotatable bonds is 2. The van der Waals surface area contributed by atoms with Crippen LogP contribution in [-0.4, -0.2) is 5.78 Å². The molecule has 1 heteroatoms. The van der Waals surface area contributed by atoms with Gasteiger partial charge >= 0.3 is 0 Å². The number of ketones is 1. The molecule has 0 heterocycles. The molecule has 1 aliphatic rings. The van der Waals surface area contributed by atoms with Crippen LogP contribution in [0.1, 0.15) is 33.1 Å². The van der Waals surface area contributed by atoms with E-state index in [4.69, 9.17) is 0 Å². The third-order valence-electron chi connectivity index (χ3n) is 2.39. The van der Waals surface area contributed by atoms with Gasteiger partial charge < -0.3 is 0 Å². The highest BCUT2D eigenvalue weighted by atomic mass is 16.1. The quantitative estimate of drug-likeness (QED) is 0.453. The summed E-state index contributed by atoms with van der Waals surface area (Å²) in [6.45, 7) is 3.95. The second kappa shape index (κ2) is 4.24. The summed E-state index contributed by atoms with van der Waals surface area (Å²) in [4.78, 5) is 11.5. The smallest absolute Gasteiger partial charge is 0.162 e. The van der Waals surface area contributed by atoms with Crippen LogP contribution in [0.15, 0.2) is 23.8 Å². The Bertz CT molecular complexity index is 223. The van der Waals surface area contributed by atoms with Crippen molar-refractivity contribution in [3.63, 3.8) is 0 Å². The molecule has 0 radical (unpaired) electrons. The molecule has 66 valence electrons. The summed E-state index contributed by atoms with van der Waals surface area (Å²) >= 11 is 0. The van der Waals surface area contributed by atoms with E-state index >= 15 is 0 Å². The second-order valence-electron chi connectivity index (χ2n) is 3.33. The highest BCUT2D eigenvalue weighted by molar-refractivity contribution is 5.93. The molecule has 0 saturated carbocycles. The van der Waals surface area contributed by atoms with Crippen LogP contribution >= 0.6 is 0 Å². The van der Waals surface area contributed by atoms with Gasteiger partial charge in [-0.15, -0.1) is 0 Å². The lowest BCUT2D eigenvalue weighted by atomic mass is 9.85. The minimum absolute atomic E-state index is 0.176. The second-order valence-corrected chi connectivity index (χ2v) is 3.33. The zero-order valence-corrected chi connectivity index (χ0v) is 7.84. The van der Waals surface area contributed by atoms with Gasteiger partial charge in [-0.2, -0.15) is 0 Å². The first kappa shape index (κ1) is 9.24. The molecular formula is C11H16O. The molecule has 0 saturated heterocycles. The van der Waals surface area contributed by atoms with E-state index in [-0.39, 0.29) is 11.7 Å². The van der Waals surface area contributed by atoms with Crippen molar-refractivity contribution >= 4 is 5.78 Å². The summed E-state index contributed by atoms with van der Waals surface area (Å²) in [5, 5.41) is 0. The molecule has 1 aliphatic carbocycles. The summed E-state index contributed by atoms with van der Waals surface area (Å²) in [6.07, 6.45) is 9.04. The average Bonchev–Trinajstić information content (AvgIpc) is 2.05. The summed E-state index contributed by atoms with van der Waals surface area (Å²) in [6, 6.07) is 0. The van der Waals surface area contributed by atoms with Crippen molar-refractivity contribution in [3.8, 4) is 0 Å². The third-order valence-corrected chi connectivity index (χ3v) is 2.39. The van der Waals surface area contributed by atoms with E-state index in [1.54, 1.807) is 6.08 Å². The fraction of sp³-hybridized carbons (Fsp3) is 0.545. The van der Waals surface area contributed by atoms with Crippen molar-refractivity contribution in [2.45, 2.75) is 33.1 Å². The molecule has 0 spiro atoms. The minimum atomic E-state index is 0.176. The van der Waals surface area contributed by atoms with Gasteiger partial charge in [0.25, 0.3) is 0 Å². The number of carbonyl (C=O) groups is 1. The molecule has 1 nitrogen and oxygen atoms in total. The Hall–Kier alpha value is -0.850. The Balaban J connectivity index is 2.67. The number of carbonyl (C=O) groups excluding carboxylic acids is 1. The fourth-order valence-electron chi connectivity index (χ4n) is 1.67.